The largest absolute Gasteiger partial charge is 0.444 e. The van der Waals surface area contributed by atoms with Crippen LogP contribution in [0.2, 0.25) is 0 Å². The number of piperidine rings is 1. The summed E-state index contributed by atoms with van der Waals surface area (Å²) in [5, 5.41) is 0. The Hall–Kier alpha value is -1.65. The minimum Gasteiger partial charge on any atom is -0.444 e. The Morgan fingerprint density at radius 3 is 2.27 bits per heavy atom. The second kappa shape index (κ2) is 6.23. The first-order chi connectivity index (χ1) is 10.2. The van der Waals surface area contributed by atoms with Crippen molar-refractivity contribution < 1.29 is 18.3 Å². The third-order valence-electron chi connectivity index (χ3n) is 3.75. The molecule has 0 aromatic heterocycles. The first-order valence-electron chi connectivity index (χ1n) is 7.58. The molecule has 0 saturated carbocycles. The molecule has 1 aliphatic heterocycles. The van der Waals surface area contributed by atoms with Gasteiger partial charge in [0.1, 0.15) is 17.1 Å². The van der Waals surface area contributed by atoms with Crippen molar-refractivity contribution in [2.45, 2.75) is 51.3 Å². The van der Waals surface area contributed by atoms with E-state index in [1.165, 1.54) is 12.1 Å². The first kappa shape index (κ1) is 16.7. The van der Waals surface area contributed by atoms with E-state index in [0.717, 1.165) is 5.56 Å². The van der Waals surface area contributed by atoms with Gasteiger partial charge in [0.15, 0.2) is 0 Å². The van der Waals surface area contributed by atoms with E-state index in [1.54, 1.807) is 17.0 Å². The van der Waals surface area contributed by atoms with E-state index in [0.29, 0.717) is 13.1 Å². The van der Waals surface area contributed by atoms with Crippen molar-refractivity contribution in [2.24, 2.45) is 0 Å². The van der Waals surface area contributed by atoms with Crippen LogP contribution in [0.5, 0.6) is 0 Å². The van der Waals surface area contributed by atoms with Crippen LogP contribution in [0.4, 0.5) is 13.6 Å². The monoisotopic (exact) mass is 311 g/mol. The Morgan fingerprint density at radius 2 is 1.77 bits per heavy atom. The Bertz CT molecular complexity index is 514. The molecule has 0 unspecified atom stereocenters. The Balaban J connectivity index is 1.90. The summed E-state index contributed by atoms with van der Waals surface area (Å²) in [6, 6.07) is 5.90. The van der Waals surface area contributed by atoms with Gasteiger partial charge in [-0.1, -0.05) is 12.1 Å². The smallest absolute Gasteiger partial charge is 0.410 e. The van der Waals surface area contributed by atoms with Crippen LogP contribution in [0.15, 0.2) is 24.3 Å². The van der Waals surface area contributed by atoms with Gasteiger partial charge in [-0.25, -0.2) is 13.6 Å². The normalized spacial score (nSPS) is 18.1. The van der Waals surface area contributed by atoms with Crippen LogP contribution >= 0.6 is 0 Å². The van der Waals surface area contributed by atoms with Crippen LogP contribution < -0.4 is 0 Å². The van der Waals surface area contributed by atoms with Crippen LogP contribution in [-0.2, 0) is 11.2 Å². The van der Waals surface area contributed by atoms with Crippen molar-refractivity contribution in [1.82, 2.24) is 4.90 Å². The molecule has 5 heteroatoms. The summed E-state index contributed by atoms with van der Waals surface area (Å²) in [7, 11) is 0. The number of hydrogen-bond donors (Lipinski definition) is 0. The third kappa shape index (κ3) is 4.68. The summed E-state index contributed by atoms with van der Waals surface area (Å²) < 4.78 is 33.0. The van der Waals surface area contributed by atoms with E-state index in [9.17, 15) is 13.6 Å². The van der Waals surface area contributed by atoms with Crippen LogP contribution in [0.25, 0.3) is 0 Å². The molecule has 0 bridgehead atoms. The lowest BCUT2D eigenvalue weighted by Gasteiger charge is -2.37. The molecule has 122 valence electrons. The van der Waals surface area contributed by atoms with Crippen molar-refractivity contribution in [2.75, 3.05) is 13.1 Å². The average molecular weight is 311 g/mol. The number of carbonyl (C=O) groups is 1. The van der Waals surface area contributed by atoms with Crippen LogP contribution in [-0.4, -0.2) is 35.4 Å². The minimum absolute atomic E-state index is 0.245. The molecule has 0 spiro atoms. The summed E-state index contributed by atoms with van der Waals surface area (Å²) in [5.74, 6) is -0.323. The zero-order valence-electron chi connectivity index (χ0n) is 13.4. The second-order valence-corrected chi connectivity index (χ2v) is 6.92. The van der Waals surface area contributed by atoms with Gasteiger partial charge in [0, 0.05) is 19.5 Å². The van der Waals surface area contributed by atoms with Crippen molar-refractivity contribution in [3.05, 3.63) is 35.6 Å². The molecule has 0 radical (unpaired) electrons. The molecule has 0 aliphatic carbocycles. The Morgan fingerprint density at radius 1 is 1.23 bits per heavy atom. The summed E-state index contributed by atoms with van der Waals surface area (Å²) in [6.45, 7) is 6.10. The lowest BCUT2D eigenvalue weighted by molar-refractivity contribution is 0.00339. The van der Waals surface area contributed by atoms with Gasteiger partial charge < -0.3 is 9.64 Å². The van der Waals surface area contributed by atoms with Crippen molar-refractivity contribution in [3.63, 3.8) is 0 Å². The Labute approximate surface area is 130 Å². The summed E-state index contributed by atoms with van der Waals surface area (Å²) >= 11 is 0. The second-order valence-electron chi connectivity index (χ2n) is 6.92. The molecule has 3 nitrogen and oxygen atoms in total. The topological polar surface area (TPSA) is 29.5 Å². The van der Waals surface area contributed by atoms with Gasteiger partial charge in [-0.2, -0.15) is 0 Å². The number of carbonyl (C=O) groups excluding carboxylic acids is 1. The van der Waals surface area contributed by atoms with Gasteiger partial charge in [0.25, 0.3) is 0 Å². The highest BCUT2D eigenvalue weighted by molar-refractivity contribution is 5.68. The number of amides is 1. The molecule has 2 rings (SSSR count). The predicted molar refractivity (Wildman–Crippen MR) is 81.0 cm³/mol. The fraction of sp³-hybridized carbons (Fsp3) is 0.588. The van der Waals surface area contributed by atoms with E-state index in [4.69, 9.17) is 4.74 Å². The van der Waals surface area contributed by atoms with Gasteiger partial charge in [-0.05, 0) is 51.3 Å². The molecule has 22 heavy (non-hydrogen) atoms. The van der Waals surface area contributed by atoms with E-state index in [1.807, 2.05) is 20.8 Å². The fourth-order valence-electron chi connectivity index (χ4n) is 2.56. The predicted octanol–water partition coefficient (Wildman–Crippen LogP) is 4.11. The number of halogens is 2. The zero-order chi connectivity index (χ0) is 16.4. The highest BCUT2D eigenvalue weighted by atomic mass is 19.1. The van der Waals surface area contributed by atoms with Crippen molar-refractivity contribution in [3.8, 4) is 0 Å². The molecule has 1 amide bonds. The number of likely N-dealkylation sites (tertiary alicyclic amines) is 1. The van der Waals surface area contributed by atoms with Gasteiger partial charge in [0.2, 0.25) is 0 Å². The molecule has 0 atom stereocenters. The average Bonchev–Trinajstić information content (AvgIpc) is 2.40. The highest BCUT2D eigenvalue weighted by Crippen LogP contribution is 2.31. The van der Waals surface area contributed by atoms with Gasteiger partial charge in [-0.3, -0.25) is 0 Å². The molecular formula is C17H23F2NO2. The maximum atomic E-state index is 14.9. The first-order valence-corrected chi connectivity index (χ1v) is 7.58. The molecule has 1 fully saturated rings. The molecule has 1 saturated heterocycles. The van der Waals surface area contributed by atoms with Crippen LogP contribution in [0.1, 0.15) is 39.2 Å². The van der Waals surface area contributed by atoms with E-state index >= 15 is 0 Å². The number of nitrogens with zero attached hydrogens (tertiary/aromatic N) is 1. The lowest BCUT2D eigenvalue weighted by atomic mass is 9.87. The highest BCUT2D eigenvalue weighted by Gasteiger charge is 2.37. The number of ether oxygens (including phenoxy) is 1. The quantitative estimate of drug-likeness (QED) is 0.822. The van der Waals surface area contributed by atoms with Crippen LogP contribution in [0, 0.1) is 5.82 Å². The molecule has 0 N–H and O–H groups in total. The van der Waals surface area contributed by atoms with Gasteiger partial charge in [-0.15, -0.1) is 0 Å². The van der Waals surface area contributed by atoms with Crippen molar-refractivity contribution >= 4 is 6.09 Å². The molecule has 1 aromatic carbocycles. The number of alkyl halides is 1. The SMILES string of the molecule is CC(C)(C)OC(=O)N1CCC(F)(Cc2ccc(F)cc2)CC1. The molecule has 1 aliphatic rings. The molecule has 1 heterocycles. The van der Waals surface area contributed by atoms with E-state index in [2.05, 4.69) is 0 Å². The standard InChI is InChI=1S/C17H23F2NO2/c1-16(2,3)22-15(21)20-10-8-17(19,9-11-20)12-13-4-6-14(18)7-5-13/h4-7H,8-12H2,1-3H3. The summed E-state index contributed by atoms with van der Waals surface area (Å²) in [5.41, 5.74) is -1.12. The lowest BCUT2D eigenvalue weighted by Crippen LogP contribution is -2.47. The van der Waals surface area contributed by atoms with Gasteiger partial charge in [0.05, 0.1) is 0 Å². The maximum absolute atomic E-state index is 14.9. The maximum Gasteiger partial charge on any atom is 0.410 e. The van der Waals surface area contributed by atoms with Crippen LogP contribution in [0.3, 0.4) is 0 Å². The third-order valence-corrected chi connectivity index (χ3v) is 3.75. The number of benzene rings is 1. The minimum atomic E-state index is -1.35. The Kier molecular flexibility index (Phi) is 4.73. The number of rotatable bonds is 2. The fourth-order valence-corrected chi connectivity index (χ4v) is 2.56. The zero-order valence-corrected chi connectivity index (χ0v) is 13.4. The summed E-state index contributed by atoms with van der Waals surface area (Å²) in [6.07, 6.45) is 0.388. The summed E-state index contributed by atoms with van der Waals surface area (Å²) in [4.78, 5) is 13.5. The van der Waals surface area contributed by atoms with E-state index in [-0.39, 0.29) is 25.1 Å². The molecular weight excluding hydrogens is 288 g/mol. The van der Waals surface area contributed by atoms with E-state index < -0.39 is 17.4 Å². The molecule has 1 aromatic rings. The van der Waals surface area contributed by atoms with Gasteiger partial charge >= 0.3 is 6.09 Å². The van der Waals surface area contributed by atoms with Crippen molar-refractivity contribution in [1.29, 1.82) is 0 Å². The number of hydrogen-bond acceptors (Lipinski definition) is 2.